The van der Waals surface area contributed by atoms with Crippen molar-refractivity contribution in [2.45, 2.75) is 19.8 Å². The van der Waals surface area contributed by atoms with Gasteiger partial charge >= 0.3 is 0 Å². The maximum atomic E-state index is 8.92. The second-order valence-corrected chi connectivity index (χ2v) is 5.19. The van der Waals surface area contributed by atoms with Crippen molar-refractivity contribution in [1.29, 1.82) is 5.26 Å². The van der Waals surface area contributed by atoms with Crippen molar-refractivity contribution in [2.75, 3.05) is 20.1 Å². The van der Waals surface area contributed by atoms with E-state index in [-0.39, 0.29) is 5.92 Å². The van der Waals surface area contributed by atoms with Crippen molar-refractivity contribution in [3.05, 3.63) is 34.3 Å². The molecule has 0 N–H and O–H groups in total. The summed E-state index contributed by atoms with van der Waals surface area (Å²) in [5.41, 5.74) is 1.32. The lowest BCUT2D eigenvalue weighted by Crippen LogP contribution is -2.27. The van der Waals surface area contributed by atoms with Crippen LogP contribution in [0.1, 0.15) is 18.9 Å². The number of halogens is 1. The van der Waals surface area contributed by atoms with E-state index in [2.05, 4.69) is 59.1 Å². The number of nitrogens with zero attached hydrogens (tertiary/aromatic N) is 2. The second-order valence-electron chi connectivity index (χ2n) is 4.34. The van der Waals surface area contributed by atoms with Crippen LogP contribution in [-0.4, -0.2) is 25.0 Å². The maximum absolute atomic E-state index is 8.92. The molecule has 1 aromatic rings. The molecule has 0 bridgehead atoms. The van der Waals surface area contributed by atoms with Gasteiger partial charge in [-0.1, -0.05) is 41.1 Å². The molecule has 2 nitrogen and oxygen atoms in total. The van der Waals surface area contributed by atoms with Gasteiger partial charge in [0, 0.05) is 17.6 Å². The first-order valence-electron chi connectivity index (χ1n) is 5.99. The zero-order chi connectivity index (χ0) is 12.7. The van der Waals surface area contributed by atoms with Crippen LogP contribution in [0.25, 0.3) is 0 Å². The third kappa shape index (κ3) is 4.89. The molecule has 3 heteroatoms. The highest BCUT2D eigenvalue weighted by Crippen LogP contribution is 2.16. The van der Waals surface area contributed by atoms with Crippen LogP contribution in [0.3, 0.4) is 0 Å². The Bertz CT molecular complexity index is 384. The van der Waals surface area contributed by atoms with Gasteiger partial charge in [0.15, 0.2) is 0 Å². The topological polar surface area (TPSA) is 27.0 Å². The molecule has 1 rings (SSSR count). The van der Waals surface area contributed by atoms with Crippen LogP contribution in [0.5, 0.6) is 0 Å². The third-order valence-electron chi connectivity index (χ3n) is 2.93. The molecule has 17 heavy (non-hydrogen) atoms. The quantitative estimate of drug-likeness (QED) is 0.803. The van der Waals surface area contributed by atoms with E-state index in [1.54, 1.807) is 0 Å². The van der Waals surface area contributed by atoms with Crippen molar-refractivity contribution in [3.63, 3.8) is 0 Å². The predicted octanol–water partition coefficient (Wildman–Crippen LogP) is 3.47. The maximum Gasteiger partial charge on any atom is 0.0669 e. The third-order valence-corrected chi connectivity index (χ3v) is 3.70. The average Bonchev–Trinajstić information content (AvgIpc) is 2.35. The minimum atomic E-state index is 0.152. The lowest BCUT2D eigenvalue weighted by molar-refractivity contribution is 0.303. The number of hydrogen-bond acceptors (Lipinski definition) is 2. The van der Waals surface area contributed by atoms with Crippen LogP contribution < -0.4 is 0 Å². The standard InChI is InChI=1S/C14H19BrN2/c1-3-12(10-16)11-17(2)9-8-13-6-4-5-7-14(13)15/h4-7,12H,3,8-9,11H2,1-2H3. The average molecular weight is 295 g/mol. The van der Waals surface area contributed by atoms with Crippen molar-refractivity contribution in [3.8, 4) is 6.07 Å². The van der Waals surface area contributed by atoms with Gasteiger partial charge in [-0.3, -0.25) is 0 Å². The van der Waals surface area contributed by atoms with E-state index in [1.165, 1.54) is 10.0 Å². The van der Waals surface area contributed by atoms with Crippen LogP contribution >= 0.6 is 15.9 Å². The lowest BCUT2D eigenvalue weighted by Gasteiger charge is -2.19. The molecular weight excluding hydrogens is 276 g/mol. The fraction of sp³-hybridized carbons (Fsp3) is 0.500. The molecule has 0 radical (unpaired) electrons. The van der Waals surface area contributed by atoms with Crippen molar-refractivity contribution < 1.29 is 0 Å². The van der Waals surface area contributed by atoms with E-state index in [0.29, 0.717) is 0 Å². The Morgan fingerprint density at radius 2 is 2.12 bits per heavy atom. The van der Waals surface area contributed by atoms with Crippen LogP contribution in [-0.2, 0) is 6.42 Å². The molecule has 0 saturated heterocycles. The largest absolute Gasteiger partial charge is 0.305 e. The molecule has 1 unspecified atom stereocenters. The van der Waals surface area contributed by atoms with Gasteiger partial charge in [0.25, 0.3) is 0 Å². The number of rotatable bonds is 6. The molecule has 1 aromatic carbocycles. The van der Waals surface area contributed by atoms with Gasteiger partial charge in [0.2, 0.25) is 0 Å². The lowest BCUT2D eigenvalue weighted by atomic mass is 10.1. The van der Waals surface area contributed by atoms with Gasteiger partial charge in [-0.05, 0) is 31.5 Å². The first-order chi connectivity index (χ1) is 8.17. The zero-order valence-corrected chi connectivity index (χ0v) is 12.1. The van der Waals surface area contributed by atoms with Gasteiger partial charge < -0.3 is 4.90 Å². The first-order valence-corrected chi connectivity index (χ1v) is 6.78. The van der Waals surface area contributed by atoms with Crippen LogP contribution in [0.15, 0.2) is 28.7 Å². The van der Waals surface area contributed by atoms with Crippen molar-refractivity contribution in [1.82, 2.24) is 4.90 Å². The molecule has 1 atom stereocenters. The van der Waals surface area contributed by atoms with E-state index >= 15 is 0 Å². The van der Waals surface area contributed by atoms with E-state index in [9.17, 15) is 0 Å². The highest BCUT2D eigenvalue weighted by Gasteiger charge is 2.08. The van der Waals surface area contributed by atoms with E-state index in [0.717, 1.165) is 25.9 Å². The zero-order valence-electron chi connectivity index (χ0n) is 10.5. The van der Waals surface area contributed by atoms with E-state index in [4.69, 9.17) is 5.26 Å². The SMILES string of the molecule is CCC(C#N)CN(C)CCc1ccccc1Br. The summed E-state index contributed by atoms with van der Waals surface area (Å²) in [4.78, 5) is 2.23. The Hall–Kier alpha value is -0.850. The molecule has 0 amide bonds. The summed E-state index contributed by atoms with van der Waals surface area (Å²) >= 11 is 3.55. The van der Waals surface area contributed by atoms with Gasteiger partial charge in [-0.2, -0.15) is 5.26 Å². The molecular formula is C14H19BrN2. The normalized spacial score (nSPS) is 12.4. The minimum Gasteiger partial charge on any atom is -0.305 e. The Morgan fingerprint density at radius 3 is 2.71 bits per heavy atom. The van der Waals surface area contributed by atoms with Crippen LogP contribution in [0.4, 0.5) is 0 Å². The van der Waals surface area contributed by atoms with Gasteiger partial charge in [0.1, 0.15) is 0 Å². The molecule has 92 valence electrons. The Labute approximate surface area is 112 Å². The minimum absolute atomic E-state index is 0.152. The van der Waals surface area contributed by atoms with Gasteiger partial charge in [-0.25, -0.2) is 0 Å². The number of nitriles is 1. The Balaban J connectivity index is 2.41. The smallest absolute Gasteiger partial charge is 0.0669 e. The molecule has 0 aliphatic rings. The Kier molecular flexibility index (Phi) is 6.25. The number of likely N-dealkylation sites (N-methyl/N-ethyl adjacent to an activating group) is 1. The summed E-state index contributed by atoms with van der Waals surface area (Å²) in [6.45, 7) is 3.91. The summed E-state index contributed by atoms with van der Waals surface area (Å²) in [7, 11) is 2.08. The summed E-state index contributed by atoms with van der Waals surface area (Å²) < 4.78 is 1.17. The molecule has 0 aromatic heterocycles. The number of benzene rings is 1. The van der Waals surface area contributed by atoms with Crippen molar-refractivity contribution >= 4 is 15.9 Å². The van der Waals surface area contributed by atoms with Crippen molar-refractivity contribution in [2.24, 2.45) is 5.92 Å². The summed E-state index contributed by atoms with van der Waals surface area (Å²) in [5.74, 6) is 0.152. The summed E-state index contributed by atoms with van der Waals surface area (Å²) in [6.07, 6.45) is 1.94. The number of hydrogen-bond donors (Lipinski definition) is 0. The van der Waals surface area contributed by atoms with E-state index < -0.39 is 0 Å². The second kappa shape index (κ2) is 7.47. The fourth-order valence-corrected chi connectivity index (χ4v) is 2.22. The fourth-order valence-electron chi connectivity index (χ4n) is 1.74. The predicted molar refractivity (Wildman–Crippen MR) is 74.7 cm³/mol. The summed E-state index contributed by atoms with van der Waals surface area (Å²) in [5, 5.41) is 8.92. The molecule has 0 heterocycles. The highest BCUT2D eigenvalue weighted by atomic mass is 79.9. The summed E-state index contributed by atoms with van der Waals surface area (Å²) in [6, 6.07) is 10.6. The molecule has 0 aliphatic heterocycles. The molecule has 0 saturated carbocycles. The van der Waals surface area contributed by atoms with Crippen LogP contribution in [0.2, 0.25) is 0 Å². The van der Waals surface area contributed by atoms with E-state index in [1.807, 2.05) is 6.07 Å². The molecule has 0 spiro atoms. The Morgan fingerprint density at radius 1 is 1.41 bits per heavy atom. The van der Waals surface area contributed by atoms with Crippen LogP contribution in [0, 0.1) is 17.2 Å². The molecule has 0 fully saturated rings. The highest BCUT2D eigenvalue weighted by molar-refractivity contribution is 9.10. The monoisotopic (exact) mass is 294 g/mol. The van der Waals surface area contributed by atoms with Gasteiger partial charge in [-0.15, -0.1) is 0 Å². The molecule has 0 aliphatic carbocycles. The van der Waals surface area contributed by atoms with Gasteiger partial charge in [0.05, 0.1) is 12.0 Å². The first kappa shape index (κ1) is 14.2.